The van der Waals surface area contributed by atoms with Crippen LogP contribution in [0.5, 0.6) is 0 Å². The molecule has 0 radical (unpaired) electrons. The van der Waals surface area contributed by atoms with Crippen molar-refractivity contribution >= 4 is 22.1 Å². The first kappa shape index (κ1) is 16.0. The first-order chi connectivity index (χ1) is 9.85. The van der Waals surface area contributed by atoms with Gasteiger partial charge in [-0.3, -0.25) is 4.79 Å². The molecule has 116 valence electrons. The molecule has 21 heavy (non-hydrogen) atoms. The van der Waals surface area contributed by atoms with Crippen molar-refractivity contribution in [1.29, 1.82) is 0 Å². The van der Waals surface area contributed by atoms with Crippen LogP contribution in [0.2, 0.25) is 0 Å². The lowest BCUT2D eigenvalue weighted by atomic mass is 9.93. The standard InChI is InChI=1S/C15H22N2O3S/c1-15(2)8-3-4-9-17(15)21(19,20)11-13-6-5-7-14(10-13)16-12-18/h5-7,10,12H,3-4,8-9,11H2,1-2H3,(H,16,18). The molecule has 1 amide bonds. The summed E-state index contributed by atoms with van der Waals surface area (Å²) in [6, 6.07) is 6.95. The van der Waals surface area contributed by atoms with Crippen molar-refractivity contribution in [2.75, 3.05) is 11.9 Å². The Morgan fingerprint density at radius 2 is 2.10 bits per heavy atom. The van der Waals surface area contributed by atoms with E-state index in [4.69, 9.17) is 0 Å². The van der Waals surface area contributed by atoms with Crippen LogP contribution in [-0.2, 0) is 20.6 Å². The molecule has 0 aromatic heterocycles. The van der Waals surface area contributed by atoms with E-state index in [9.17, 15) is 13.2 Å². The second-order valence-corrected chi connectivity index (χ2v) is 7.95. The topological polar surface area (TPSA) is 66.5 Å². The molecule has 0 spiro atoms. The SMILES string of the molecule is CC1(C)CCCCN1S(=O)(=O)Cc1cccc(NC=O)c1. The number of carbonyl (C=O) groups excluding carboxylic acids is 1. The number of nitrogens with one attached hydrogen (secondary N) is 1. The Balaban J connectivity index is 2.20. The molecule has 1 N–H and O–H groups in total. The number of rotatable bonds is 5. The number of piperidine rings is 1. The first-order valence-corrected chi connectivity index (χ1v) is 8.76. The van der Waals surface area contributed by atoms with Gasteiger partial charge in [-0.1, -0.05) is 18.6 Å². The molecule has 6 heteroatoms. The summed E-state index contributed by atoms with van der Waals surface area (Å²) < 4.78 is 27.0. The molecule has 1 heterocycles. The van der Waals surface area contributed by atoms with Gasteiger partial charge in [0.05, 0.1) is 5.75 Å². The highest BCUT2D eigenvalue weighted by atomic mass is 32.2. The molecule has 1 aliphatic heterocycles. The lowest BCUT2D eigenvalue weighted by Gasteiger charge is -2.41. The fraction of sp³-hybridized carbons (Fsp3) is 0.533. The molecule has 1 aliphatic rings. The van der Waals surface area contributed by atoms with Crippen LogP contribution in [0.25, 0.3) is 0 Å². The number of hydrogen-bond donors (Lipinski definition) is 1. The second kappa shape index (κ2) is 6.15. The average molecular weight is 310 g/mol. The van der Waals surface area contributed by atoms with Crippen molar-refractivity contribution in [3.63, 3.8) is 0 Å². The molecule has 1 saturated heterocycles. The Morgan fingerprint density at radius 1 is 1.33 bits per heavy atom. The number of carbonyl (C=O) groups is 1. The largest absolute Gasteiger partial charge is 0.329 e. The zero-order valence-electron chi connectivity index (χ0n) is 12.5. The maximum absolute atomic E-state index is 12.7. The summed E-state index contributed by atoms with van der Waals surface area (Å²) in [4.78, 5) is 10.5. The normalized spacial score (nSPS) is 19.1. The third-order valence-corrected chi connectivity index (χ3v) is 5.96. The summed E-state index contributed by atoms with van der Waals surface area (Å²) in [6.07, 6.45) is 3.45. The summed E-state index contributed by atoms with van der Waals surface area (Å²) in [5, 5.41) is 2.54. The van der Waals surface area contributed by atoms with Gasteiger partial charge in [0.1, 0.15) is 0 Å². The van der Waals surface area contributed by atoms with Crippen molar-refractivity contribution in [3.05, 3.63) is 29.8 Å². The fourth-order valence-corrected chi connectivity index (χ4v) is 4.87. The molecular weight excluding hydrogens is 288 g/mol. The highest BCUT2D eigenvalue weighted by Crippen LogP contribution is 2.31. The molecule has 0 saturated carbocycles. The first-order valence-electron chi connectivity index (χ1n) is 7.15. The molecule has 0 aliphatic carbocycles. The Labute approximate surface area is 126 Å². The Kier molecular flexibility index (Phi) is 4.68. The van der Waals surface area contributed by atoms with Gasteiger partial charge in [-0.25, -0.2) is 8.42 Å². The van der Waals surface area contributed by atoms with Crippen LogP contribution in [0.4, 0.5) is 5.69 Å². The summed E-state index contributed by atoms with van der Waals surface area (Å²) in [5.74, 6) is -0.0369. The lowest BCUT2D eigenvalue weighted by Crippen LogP contribution is -2.50. The quantitative estimate of drug-likeness (QED) is 0.849. The van der Waals surface area contributed by atoms with Crippen LogP contribution < -0.4 is 5.32 Å². The van der Waals surface area contributed by atoms with E-state index in [1.807, 2.05) is 13.8 Å². The highest BCUT2D eigenvalue weighted by Gasteiger charge is 2.37. The molecule has 1 fully saturated rings. The molecule has 0 bridgehead atoms. The molecule has 2 rings (SSSR count). The van der Waals surface area contributed by atoms with Crippen molar-refractivity contribution in [3.8, 4) is 0 Å². The average Bonchev–Trinajstić information content (AvgIpc) is 2.38. The van der Waals surface area contributed by atoms with Gasteiger partial charge in [-0.2, -0.15) is 4.31 Å². The van der Waals surface area contributed by atoms with E-state index in [0.29, 0.717) is 24.2 Å². The third kappa shape index (κ3) is 3.83. The van der Waals surface area contributed by atoms with E-state index in [2.05, 4.69) is 5.32 Å². The van der Waals surface area contributed by atoms with Crippen LogP contribution in [0.15, 0.2) is 24.3 Å². The molecule has 1 aromatic carbocycles. The minimum Gasteiger partial charge on any atom is -0.329 e. The van der Waals surface area contributed by atoms with Crippen LogP contribution >= 0.6 is 0 Å². The summed E-state index contributed by atoms with van der Waals surface area (Å²) >= 11 is 0. The minimum absolute atomic E-state index is 0.0369. The molecule has 5 nitrogen and oxygen atoms in total. The number of amides is 1. The number of sulfonamides is 1. The van der Waals surface area contributed by atoms with Gasteiger partial charge < -0.3 is 5.32 Å². The lowest BCUT2D eigenvalue weighted by molar-refractivity contribution is -0.105. The predicted molar refractivity (Wildman–Crippen MR) is 83.4 cm³/mol. The number of nitrogens with zero attached hydrogens (tertiary/aromatic N) is 1. The monoisotopic (exact) mass is 310 g/mol. The van der Waals surface area contributed by atoms with Crippen molar-refractivity contribution in [2.45, 2.75) is 44.4 Å². The Hall–Kier alpha value is -1.40. The van der Waals surface area contributed by atoms with Gasteiger partial charge in [0, 0.05) is 17.8 Å². The summed E-state index contributed by atoms with van der Waals surface area (Å²) in [6.45, 7) is 4.55. The zero-order valence-corrected chi connectivity index (χ0v) is 13.3. The number of anilines is 1. The molecule has 1 aromatic rings. The van der Waals surface area contributed by atoms with E-state index in [1.165, 1.54) is 0 Å². The van der Waals surface area contributed by atoms with E-state index in [-0.39, 0.29) is 11.3 Å². The zero-order chi connectivity index (χ0) is 15.5. The number of benzene rings is 1. The van der Waals surface area contributed by atoms with Crippen LogP contribution in [-0.4, -0.2) is 31.2 Å². The minimum atomic E-state index is -3.36. The van der Waals surface area contributed by atoms with Gasteiger partial charge in [0.15, 0.2) is 0 Å². The Morgan fingerprint density at radius 3 is 2.76 bits per heavy atom. The maximum Gasteiger partial charge on any atom is 0.218 e. The van der Waals surface area contributed by atoms with Gasteiger partial charge >= 0.3 is 0 Å². The fourth-order valence-electron chi connectivity index (χ4n) is 2.86. The van der Waals surface area contributed by atoms with E-state index in [1.54, 1.807) is 28.6 Å². The summed E-state index contributed by atoms with van der Waals surface area (Å²) in [5.41, 5.74) is 0.967. The van der Waals surface area contributed by atoms with Crippen LogP contribution in [0.1, 0.15) is 38.7 Å². The van der Waals surface area contributed by atoms with Crippen molar-refractivity contribution < 1.29 is 13.2 Å². The van der Waals surface area contributed by atoms with Crippen molar-refractivity contribution in [1.82, 2.24) is 4.31 Å². The van der Waals surface area contributed by atoms with Crippen molar-refractivity contribution in [2.24, 2.45) is 0 Å². The molecule has 0 atom stereocenters. The van der Waals surface area contributed by atoms with Gasteiger partial charge in [-0.15, -0.1) is 0 Å². The smallest absolute Gasteiger partial charge is 0.218 e. The van der Waals surface area contributed by atoms with Gasteiger partial charge in [-0.05, 0) is 44.4 Å². The second-order valence-electron chi connectivity index (χ2n) is 6.06. The van der Waals surface area contributed by atoms with E-state index in [0.717, 1.165) is 19.3 Å². The van der Waals surface area contributed by atoms with E-state index >= 15 is 0 Å². The molecule has 0 unspecified atom stereocenters. The highest BCUT2D eigenvalue weighted by molar-refractivity contribution is 7.88. The van der Waals surface area contributed by atoms with Crippen LogP contribution in [0, 0.1) is 0 Å². The van der Waals surface area contributed by atoms with E-state index < -0.39 is 10.0 Å². The molecular formula is C15H22N2O3S. The Bertz CT molecular complexity index is 611. The maximum atomic E-state index is 12.7. The third-order valence-electron chi connectivity index (χ3n) is 3.91. The van der Waals surface area contributed by atoms with Gasteiger partial charge in [0.2, 0.25) is 16.4 Å². The summed E-state index contributed by atoms with van der Waals surface area (Å²) in [7, 11) is -3.36. The predicted octanol–water partition coefficient (Wildman–Crippen LogP) is 2.35. The number of hydrogen-bond acceptors (Lipinski definition) is 3. The van der Waals surface area contributed by atoms with Crippen LogP contribution in [0.3, 0.4) is 0 Å². The van der Waals surface area contributed by atoms with Gasteiger partial charge in [0.25, 0.3) is 0 Å².